The van der Waals surface area contributed by atoms with E-state index >= 15 is 0 Å². The van der Waals surface area contributed by atoms with Crippen LogP contribution in [0.5, 0.6) is 0 Å². The minimum atomic E-state index is -1.19. The Balaban J connectivity index is 1.57. The molecule has 3 amide bonds. The van der Waals surface area contributed by atoms with Crippen molar-refractivity contribution < 1.29 is 33.8 Å². The van der Waals surface area contributed by atoms with Crippen LogP contribution in [0.1, 0.15) is 49.6 Å². The molecule has 0 aliphatic rings. The maximum atomic E-state index is 14.1. The standard InChI is InChI=1S/C38H45N3O7S/c1-4-47-35(43)23-34(42)31(20-25(2)3)39-37(45)33(22-29-17-11-19-49-29)40-36(44)32(41-38(46)48-24-26-12-6-5-7-13-26)21-28-16-10-15-27-14-8-9-18-30(27)28/h5-19,25,31-34,42H,4,20-24H2,1-3H3,(H,39,45)(H,40,44)(H,41,46)/t31?,32-,33-,34?/m0/s1. The van der Waals surface area contributed by atoms with Gasteiger partial charge in [-0.2, -0.15) is 0 Å². The summed E-state index contributed by atoms with van der Waals surface area (Å²) in [6, 6.07) is 23.6. The Hall–Kier alpha value is -4.74. The number of rotatable bonds is 17. The Morgan fingerprint density at radius 2 is 1.47 bits per heavy atom. The molecule has 1 aromatic heterocycles. The molecule has 0 aliphatic carbocycles. The number of alkyl carbamates (subject to hydrolysis) is 1. The summed E-state index contributed by atoms with van der Waals surface area (Å²) >= 11 is 1.44. The molecule has 11 heteroatoms. The van der Waals surface area contributed by atoms with Gasteiger partial charge in [0.2, 0.25) is 11.8 Å². The molecule has 10 nitrogen and oxygen atoms in total. The van der Waals surface area contributed by atoms with E-state index in [1.54, 1.807) is 6.92 Å². The number of ether oxygens (including phenoxy) is 2. The number of fused-ring (bicyclic) bond motifs is 1. The lowest BCUT2D eigenvalue weighted by Gasteiger charge is -2.28. The highest BCUT2D eigenvalue weighted by Crippen LogP contribution is 2.21. The Bertz CT molecular complexity index is 1660. The first-order chi connectivity index (χ1) is 23.6. The zero-order chi connectivity index (χ0) is 35.2. The average molecular weight is 688 g/mol. The van der Waals surface area contributed by atoms with Crippen LogP contribution >= 0.6 is 11.3 Å². The van der Waals surface area contributed by atoms with Crippen molar-refractivity contribution in [2.75, 3.05) is 6.61 Å². The number of nitrogens with one attached hydrogen (secondary N) is 3. The number of benzene rings is 3. The highest BCUT2D eigenvalue weighted by Gasteiger charge is 2.32. The summed E-state index contributed by atoms with van der Waals surface area (Å²) in [6.45, 7) is 5.77. The summed E-state index contributed by atoms with van der Waals surface area (Å²) in [4.78, 5) is 54.0. The second-order valence-electron chi connectivity index (χ2n) is 12.3. The molecule has 0 saturated carbocycles. The third-order valence-corrected chi connectivity index (χ3v) is 8.84. The fourth-order valence-corrected chi connectivity index (χ4v) is 6.31. The van der Waals surface area contributed by atoms with Gasteiger partial charge in [-0.3, -0.25) is 14.4 Å². The molecule has 2 unspecified atom stereocenters. The number of carbonyl (C=O) groups excluding carboxylic acids is 4. The summed E-state index contributed by atoms with van der Waals surface area (Å²) < 4.78 is 10.5. The van der Waals surface area contributed by atoms with Crippen LogP contribution in [-0.2, 0) is 43.3 Å². The van der Waals surface area contributed by atoms with E-state index < -0.39 is 48.1 Å². The van der Waals surface area contributed by atoms with Crippen molar-refractivity contribution in [2.45, 2.75) is 77.3 Å². The van der Waals surface area contributed by atoms with E-state index in [0.717, 1.165) is 26.8 Å². The minimum Gasteiger partial charge on any atom is -0.466 e. The molecule has 0 fully saturated rings. The number of thiophene rings is 1. The normalized spacial score (nSPS) is 13.6. The zero-order valence-electron chi connectivity index (χ0n) is 28.1. The Morgan fingerprint density at radius 1 is 0.776 bits per heavy atom. The predicted molar refractivity (Wildman–Crippen MR) is 190 cm³/mol. The molecule has 0 saturated heterocycles. The van der Waals surface area contributed by atoms with Gasteiger partial charge in [0, 0.05) is 17.7 Å². The summed E-state index contributed by atoms with van der Waals surface area (Å²) in [7, 11) is 0. The average Bonchev–Trinajstić information content (AvgIpc) is 3.60. The molecule has 0 bridgehead atoms. The first-order valence-corrected chi connectivity index (χ1v) is 17.4. The maximum absolute atomic E-state index is 14.1. The van der Waals surface area contributed by atoms with Gasteiger partial charge in [0.25, 0.3) is 0 Å². The van der Waals surface area contributed by atoms with E-state index in [1.807, 2.05) is 104 Å². The molecular weight excluding hydrogens is 642 g/mol. The van der Waals surface area contributed by atoms with Gasteiger partial charge >= 0.3 is 12.1 Å². The molecule has 4 aromatic rings. The highest BCUT2D eigenvalue weighted by atomic mass is 32.1. The molecule has 49 heavy (non-hydrogen) atoms. The van der Waals surface area contributed by atoms with Crippen molar-refractivity contribution in [3.63, 3.8) is 0 Å². The molecule has 260 valence electrons. The maximum Gasteiger partial charge on any atom is 0.408 e. The van der Waals surface area contributed by atoms with Gasteiger partial charge in [0.05, 0.1) is 25.2 Å². The third kappa shape index (κ3) is 11.7. The Morgan fingerprint density at radius 3 is 2.18 bits per heavy atom. The number of hydrogen-bond acceptors (Lipinski definition) is 8. The number of aliphatic hydroxyl groups excluding tert-OH is 1. The van der Waals surface area contributed by atoms with Crippen molar-refractivity contribution in [3.8, 4) is 0 Å². The van der Waals surface area contributed by atoms with Crippen LogP contribution in [0.4, 0.5) is 4.79 Å². The van der Waals surface area contributed by atoms with E-state index in [1.165, 1.54) is 11.3 Å². The van der Waals surface area contributed by atoms with Crippen molar-refractivity contribution in [3.05, 3.63) is 106 Å². The largest absolute Gasteiger partial charge is 0.466 e. The van der Waals surface area contributed by atoms with Gasteiger partial charge in [-0.15, -0.1) is 11.3 Å². The molecule has 1 heterocycles. The van der Waals surface area contributed by atoms with Crippen LogP contribution < -0.4 is 16.0 Å². The number of carbonyl (C=O) groups is 4. The van der Waals surface area contributed by atoms with E-state index in [2.05, 4.69) is 16.0 Å². The summed E-state index contributed by atoms with van der Waals surface area (Å²) in [5, 5.41) is 23.2. The Kier molecular flexibility index (Phi) is 14.2. The topological polar surface area (TPSA) is 143 Å². The van der Waals surface area contributed by atoms with E-state index in [-0.39, 0.29) is 38.4 Å². The fraction of sp³-hybridized carbons (Fsp3) is 0.368. The Labute approximate surface area is 291 Å². The van der Waals surface area contributed by atoms with Crippen LogP contribution in [0.2, 0.25) is 0 Å². The molecule has 3 aromatic carbocycles. The van der Waals surface area contributed by atoms with Gasteiger partial charge in [-0.1, -0.05) is 92.7 Å². The lowest BCUT2D eigenvalue weighted by Crippen LogP contribution is -2.57. The first-order valence-electron chi connectivity index (χ1n) is 16.5. The highest BCUT2D eigenvalue weighted by molar-refractivity contribution is 7.09. The van der Waals surface area contributed by atoms with Crippen molar-refractivity contribution in [1.29, 1.82) is 0 Å². The summed E-state index contributed by atoms with van der Waals surface area (Å²) in [5.74, 6) is -1.58. The molecule has 0 radical (unpaired) electrons. The number of esters is 1. The lowest BCUT2D eigenvalue weighted by molar-refractivity contribution is -0.146. The molecule has 0 aliphatic heterocycles. The first kappa shape index (κ1) is 37.1. The molecule has 4 atom stereocenters. The van der Waals surface area contributed by atoms with E-state index in [0.29, 0.717) is 6.42 Å². The monoisotopic (exact) mass is 687 g/mol. The van der Waals surface area contributed by atoms with Crippen LogP contribution in [0.25, 0.3) is 10.8 Å². The predicted octanol–water partition coefficient (Wildman–Crippen LogP) is 5.31. The smallest absolute Gasteiger partial charge is 0.408 e. The zero-order valence-corrected chi connectivity index (χ0v) is 28.9. The van der Waals surface area contributed by atoms with Crippen LogP contribution in [0.3, 0.4) is 0 Å². The number of aliphatic hydroxyl groups is 1. The molecule has 4 rings (SSSR count). The van der Waals surface area contributed by atoms with Crippen LogP contribution in [0, 0.1) is 5.92 Å². The number of hydrogen-bond donors (Lipinski definition) is 4. The third-order valence-electron chi connectivity index (χ3n) is 7.94. The molecular formula is C38H45N3O7S. The lowest BCUT2D eigenvalue weighted by atomic mass is 9.96. The van der Waals surface area contributed by atoms with Gasteiger partial charge in [0.15, 0.2) is 0 Å². The summed E-state index contributed by atoms with van der Waals surface area (Å²) in [5.41, 5.74) is 1.63. The van der Waals surface area contributed by atoms with Crippen molar-refractivity contribution >= 4 is 46.0 Å². The molecule has 4 N–H and O–H groups in total. The van der Waals surface area contributed by atoms with Gasteiger partial charge in [-0.25, -0.2) is 4.79 Å². The van der Waals surface area contributed by atoms with Crippen molar-refractivity contribution in [1.82, 2.24) is 16.0 Å². The number of amides is 3. The second kappa shape index (κ2) is 18.7. The van der Waals surface area contributed by atoms with Gasteiger partial charge in [-0.05, 0) is 52.6 Å². The van der Waals surface area contributed by atoms with Crippen LogP contribution in [-0.4, -0.2) is 59.8 Å². The minimum absolute atomic E-state index is 0.0179. The SMILES string of the molecule is CCOC(=O)CC(O)C(CC(C)C)NC(=O)[C@H](Cc1cccs1)NC(=O)[C@H](Cc1cccc2ccccc12)NC(=O)OCc1ccccc1. The van der Waals surface area contributed by atoms with Gasteiger partial charge in [0.1, 0.15) is 18.7 Å². The van der Waals surface area contributed by atoms with Gasteiger partial charge < -0.3 is 30.5 Å². The fourth-order valence-electron chi connectivity index (χ4n) is 5.55. The second-order valence-corrected chi connectivity index (χ2v) is 13.3. The van der Waals surface area contributed by atoms with Crippen LogP contribution in [0.15, 0.2) is 90.3 Å². The van der Waals surface area contributed by atoms with E-state index in [9.17, 15) is 24.3 Å². The quantitative estimate of drug-likeness (QED) is 0.110. The molecule has 0 spiro atoms. The van der Waals surface area contributed by atoms with Crippen molar-refractivity contribution in [2.24, 2.45) is 5.92 Å². The summed E-state index contributed by atoms with van der Waals surface area (Å²) in [6.07, 6.45) is -1.54. The van der Waals surface area contributed by atoms with E-state index in [4.69, 9.17) is 9.47 Å².